The standard InChI is InChI=1S/C19H11BrN2O/c20-14-8-4-7-12-13-9-17-16(10-15(13)21-18(12)14)22-19(23-17)11-5-2-1-3-6-11/h1-6,8-10H,7H2. The summed E-state index contributed by atoms with van der Waals surface area (Å²) in [5.41, 5.74) is 4.90. The smallest absolute Gasteiger partial charge is 0.227 e. The van der Waals surface area contributed by atoms with E-state index in [4.69, 9.17) is 9.41 Å². The Morgan fingerprint density at radius 3 is 2.83 bits per heavy atom. The second-order valence-electron chi connectivity index (χ2n) is 5.62. The Kier molecular flexibility index (Phi) is 2.70. The topological polar surface area (TPSA) is 38.4 Å². The summed E-state index contributed by atoms with van der Waals surface area (Å²) in [6.45, 7) is 0. The van der Waals surface area contributed by atoms with Crippen molar-refractivity contribution in [1.29, 1.82) is 0 Å². The molecule has 0 bridgehead atoms. The Hall–Kier alpha value is -2.46. The van der Waals surface area contributed by atoms with Crippen molar-refractivity contribution in [1.82, 2.24) is 4.98 Å². The summed E-state index contributed by atoms with van der Waals surface area (Å²) in [4.78, 5) is 9.37. The lowest BCUT2D eigenvalue weighted by Crippen LogP contribution is -2.22. The molecule has 110 valence electrons. The lowest BCUT2D eigenvalue weighted by molar-refractivity contribution is 0.619. The van der Waals surface area contributed by atoms with E-state index in [2.05, 4.69) is 39.1 Å². The van der Waals surface area contributed by atoms with Crippen molar-refractivity contribution >= 4 is 32.6 Å². The molecule has 2 aliphatic rings. The van der Waals surface area contributed by atoms with Crippen LogP contribution in [0.4, 0.5) is 0 Å². The second kappa shape index (κ2) is 4.77. The van der Waals surface area contributed by atoms with Gasteiger partial charge in [0.1, 0.15) is 5.52 Å². The first-order valence-corrected chi connectivity index (χ1v) is 8.23. The third kappa shape index (κ3) is 1.95. The van der Waals surface area contributed by atoms with E-state index in [0.29, 0.717) is 5.89 Å². The van der Waals surface area contributed by atoms with Crippen molar-refractivity contribution in [2.75, 3.05) is 0 Å². The van der Waals surface area contributed by atoms with Crippen LogP contribution in [0.15, 0.2) is 74.2 Å². The zero-order valence-corrected chi connectivity index (χ0v) is 13.7. The molecular weight excluding hydrogens is 352 g/mol. The highest BCUT2D eigenvalue weighted by atomic mass is 79.9. The van der Waals surface area contributed by atoms with E-state index in [1.807, 2.05) is 36.4 Å². The van der Waals surface area contributed by atoms with Crippen LogP contribution in [-0.2, 0) is 0 Å². The molecule has 1 aliphatic carbocycles. The molecule has 0 N–H and O–H groups in total. The summed E-state index contributed by atoms with van der Waals surface area (Å²) in [7, 11) is 0. The molecule has 2 aromatic carbocycles. The van der Waals surface area contributed by atoms with E-state index in [0.717, 1.165) is 43.8 Å². The average molecular weight is 363 g/mol. The number of nitrogens with zero attached hydrogens (tertiary/aromatic N) is 2. The Balaban J connectivity index is 1.77. The Bertz CT molecular complexity index is 1140. The van der Waals surface area contributed by atoms with Crippen LogP contribution in [-0.4, -0.2) is 4.98 Å². The average Bonchev–Trinajstić information content (AvgIpc) is 3.15. The predicted octanol–water partition coefficient (Wildman–Crippen LogP) is 3.85. The van der Waals surface area contributed by atoms with Crippen LogP contribution >= 0.6 is 15.9 Å². The van der Waals surface area contributed by atoms with Gasteiger partial charge in [0.15, 0.2) is 5.58 Å². The maximum atomic E-state index is 5.97. The summed E-state index contributed by atoms with van der Waals surface area (Å²) in [6.07, 6.45) is 5.10. The molecular formula is C19H11BrN2O. The molecule has 0 saturated heterocycles. The molecule has 3 nitrogen and oxygen atoms in total. The van der Waals surface area contributed by atoms with E-state index >= 15 is 0 Å². The van der Waals surface area contributed by atoms with Crippen molar-refractivity contribution in [3.8, 4) is 11.5 Å². The maximum Gasteiger partial charge on any atom is 0.227 e. The fourth-order valence-corrected chi connectivity index (χ4v) is 3.59. The summed E-state index contributed by atoms with van der Waals surface area (Å²) in [6, 6.07) is 14.0. The van der Waals surface area contributed by atoms with Gasteiger partial charge in [-0.15, -0.1) is 0 Å². The zero-order valence-electron chi connectivity index (χ0n) is 12.1. The first-order valence-electron chi connectivity index (χ1n) is 7.44. The van der Waals surface area contributed by atoms with Crippen LogP contribution in [0.3, 0.4) is 0 Å². The first kappa shape index (κ1) is 13.0. The Labute approximate surface area is 140 Å². The van der Waals surface area contributed by atoms with Gasteiger partial charge in [-0.05, 0) is 58.3 Å². The highest BCUT2D eigenvalue weighted by molar-refractivity contribution is 9.11. The van der Waals surface area contributed by atoms with Gasteiger partial charge in [-0.25, -0.2) is 9.98 Å². The number of fused-ring (bicyclic) bond motifs is 3. The van der Waals surface area contributed by atoms with Crippen molar-refractivity contribution in [3.05, 3.63) is 75.4 Å². The molecule has 0 radical (unpaired) electrons. The van der Waals surface area contributed by atoms with Gasteiger partial charge in [0.2, 0.25) is 5.89 Å². The molecule has 0 fully saturated rings. The summed E-state index contributed by atoms with van der Waals surface area (Å²) in [5.74, 6) is 0.648. The number of aromatic nitrogens is 1. The highest BCUT2D eigenvalue weighted by Crippen LogP contribution is 2.31. The fraction of sp³-hybridized carbons (Fsp3) is 0.0526. The molecule has 0 unspecified atom stereocenters. The second-order valence-corrected chi connectivity index (χ2v) is 6.47. The quantitative estimate of drug-likeness (QED) is 0.659. The van der Waals surface area contributed by atoms with Crippen LogP contribution in [0.5, 0.6) is 0 Å². The van der Waals surface area contributed by atoms with Crippen molar-refractivity contribution in [3.63, 3.8) is 0 Å². The van der Waals surface area contributed by atoms with E-state index in [1.54, 1.807) is 0 Å². The van der Waals surface area contributed by atoms with Gasteiger partial charge in [-0.2, -0.15) is 0 Å². The molecule has 5 rings (SSSR count). The monoisotopic (exact) mass is 362 g/mol. The van der Waals surface area contributed by atoms with Crippen LogP contribution in [0.1, 0.15) is 6.42 Å². The number of oxazole rings is 1. The summed E-state index contributed by atoms with van der Waals surface area (Å²) < 4.78 is 7.01. The Morgan fingerprint density at radius 1 is 1.09 bits per heavy atom. The van der Waals surface area contributed by atoms with Gasteiger partial charge < -0.3 is 4.42 Å². The molecule has 0 saturated carbocycles. The largest absolute Gasteiger partial charge is 0.436 e. The Morgan fingerprint density at radius 2 is 1.96 bits per heavy atom. The molecule has 23 heavy (non-hydrogen) atoms. The van der Waals surface area contributed by atoms with Crippen LogP contribution in [0.2, 0.25) is 0 Å². The number of hydrogen-bond donors (Lipinski definition) is 0. The minimum absolute atomic E-state index is 0.648. The van der Waals surface area contributed by atoms with Gasteiger partial charge in [-0.1, -0.05) is 24.3 Å². The maximum absolute atomic E-state index is 5.97. The van der Waals surface area contributed by atoms with Gasteiger partial charge in [0.05, 0.1) is 11.1 Å². The summed E-state index contributed by atoms with van der Waals surface area (Å²) >= 11 is 3.58. The van der Waals surface area contributed by atoms with Crippen molar-refractivity contribution in [2.45, 2.75) is 6.42 Å². The van der Waals surface area contributed by atoms with Gasteiger partial charge in [-0.3, -0.25) is 0 Å². The van der Waals surface area contributed by atoms with Gasteiger partial charge >= 0.3 is 0 Å². The summed E-state index contributed by atoms with van der Waals surface area (Å²) in [5, 5.41) is 2.11. The normalized spacial score (nSPS) is 15.8. The van der Waals surface area contributed by atoms with Gasteiger partial charge in [0.25, 0.3) is 0 Å². The molecule has 0 amide bonds. The number of benzene rings is 2. The minimum Gasteiger partial charge on any atom is -0.436 e. The molecule has 4 heteroatoms. The van der Waals surface area contributed by atoms with Crippen LogP contribution in [0, 0.1) is 0 Å². The highest BCUT2D eigenvalue weighted by Gasteiger charge is 2.19. The van der Waals surface area contributed by atoms with E-state index < -0.39 is 0 Å². The SMILES string of the molecule is BrC1=C2N=c3cc4nc(-c5ccccc5)oc4cc3=C2CC=C1. The van der Waals surface area contributed by atoms with Crippen molar-refractivity contribution < 1.29 is 4.42 Å². The number of hydrogen-bond acceptors (Lipinski definition) is 3. The molecule has 0 spiro atoms. The molecule has 3 aromatic rings. The van der Waals surface area contributed by atoms with Gasteiger partial charge in [0, 0.05) is 15.3 Å². The van der Waals surface area contributed by atoms with Crippen LogP contribution in [0.25, 0.3) is 28.1 Å². The third-order valence-corrected chi connectivity index (χ3v) is 4.82. The number of halogens is 1. The zero-order chi connectivity index (χ0) is 15.4. The predicted molar refractivity (Wildman–Crippen MR) is 93.3 cm³/mol. The lowest BCUT2D eigenvalue weighted by Gasteiger charge is -2.07. The lowest BCUT2D eigenvalue weighted by atomic mass is 10.0. The third-order valence-electron chi connectivity index (χ3n) is 4.18. The first-order chi connectivity index (χ1) is 11.3. The molecule has 2 heterocycles. The fourth-order valence-electron chi connectivity index (χ4n) is 3.08. The van der Waals surface area contributed by atoms with Crippen molar-refractivity contribution in [2.24, 2.45) is 4.99 Å². The number of allylic oxidation sites excluding steroid dienone is 4. The van der Waals surface area contributed by atoms with E-state index in [1.165, 1.54) is 5.57 Å². The number of rotatable bonds is 1. The molecule has 1 aliphatic heterocycles. The molecule has 0 atom stereocenters. The molecule has 1 aromatic heterocycles. The van der Waals surface area contributed by atoms with Crippen LogP contribution < -0.4 is 10.6 Å². The van der Waals surface area contributed by atoms with E-state index in [9.17, 15) is 0 Å². The minimum atomic E-state index is 0.648. The van der Waals surface area contributed by atoms with E-state index in [-0.39, 0.29) is 0 Å².